The van der Waals surface area contributed by atoms with Gasteiger partial charge >= 0.3 is 6.09 Å². The van der Waals surface area contributed by atoms with Gasteiger partial charge in [-0.25, -0.2) is 4.79 Å². The molecule has 3 amide bonds. The summed E-state index contributed by atoms with van der Waals surface area (Å²) >= 11 is 0. The third-order valence-corrected chi connectivity index (χ3v) is 4.97. The van der Waals surface area contributed by atoms with Crippen LogP contribution < -0.4 is 5.32 Å². The third-order valence-electron chi connectivity index (χ3n) is 4.97. The Kier molecular flexibility index (Phi) is 8.15. The highest BCUT2D eigenvalue weighted by Gasteiger charge is 2.29. The lowest BCUT2D eigenvalue weighted by atomic mass is 10.0. The maximum atomic E-state index is 12.0. The Morgan fingerprint density at radius 3 is 2.54 bits per heavy atom. The molecule has 148 valence electrons. The van der Waals surface area contributed by atoms with Crippen molar-refractivity contribution >= 4 is 17.9 Å². The average Bonchev–Trinajstić information content (AvgIpc) is 3.14. The molecule has 0 bridgehead atoms. The maximum Gasteiger partial charge on any atom is 0.409 e. The number of hydrogen-bond acceptors (Lipinski definition) is 5. The molecule has 0 spiro atoms. The number of carbonyl (C=O) groups excluding carboxylic acids is 3. The quantitative estimate of drug-likeness (QED) is 0.727. The van der Waals surface area contributed by atoms with Crippen molar-refractivity contribution in [2.24, 2.45) is 0 Å². The van der Waals surface area contributed by atoms with E-state index in [0.29, 0.717) is 45.6 Å². The van der Waals surface area contributed by atoms with Crippen LogP contribution in [-0.4, -0.2) is 79.2 Å². The van der Waals surface area contributed by atoms with Gasteiger partial charge in [-0.1, -0.05) is 0 Å². The summed E-state index contributed by atoms with van der Waals surface area (Å²) in [6.07, 6.45) is 3.54. The Morgan fingerprint density at radius 1 is 1.23 bits per heavy atom. The molecule has 8 heteroatoms. The standard InChI is InChI=1S/C18H31N3O5/c1-3-25-18(24)20-9-6-15(7-10-20)21(14(2)22)11-8-17(23)19-13-16-5-4-12-26-16/h15-16H,3-13H2,1-2H3,(H,19,23). The monoisotopic (exact) mass is 369 g/mol. The zero-order valence-corrected chi connectivity index (χ0v) is 15.9. The molecule has 0 aromatic rings. The van der Waals surface area contributed by atoms with E-state index in [-0.39, 0.29) is 36.5 Å². The molecule has 1 unspecified atom stereocenters. The van der Waals surface area contributed by atoms with E-state index in [1.54, 1.807) is 16.7 Å². The molecule has 0 saturated carbocycles. The minimum absolute atomic E-state index is 0.0356. The number of hydrogen-bond donors (Lipinski definition) is 1. The molecule has 0 aliphatic carbocycles. The highest BCUT2D eigenvalue weighted by Crippen LogP contribution is 2.18. The lowest BCUT2D eigenvalue weighted by Crippen LogP contribution is -2.49. The minimum Gasteiger partial charge on any atom is -0.450 e. The first-order valence-electron chi connectivity index (χ1n) is 9.58. The second-order valence-corrected chi connectivity index (χ2v) is 6.82. The molecule has 0 aromatic carbocycles. The van der Waals surface area contributed by atoms with Crippen molar-refractivity contribution in [3.63, 3.8) is 0 Å². The van der Waals surface area contributed by atoms with Gasteiger partial charge in [-0.05, 0) is 32.6 Å². The van der Waals surface area contributed by atoms with Crippen LogP contribution in [0.3, 0.4) is 0 Å². The van der Waals surface area contributed by atoms with Gasteiger partial charge in [0.1, 0.15) is 0 Å². The number of carbonyl (C=O) groups is 3. The van der Waals surface area contributed by atoms with E-state index >= 15 is 0 Å². The van der Waals surface area contributed by atoms with E-state index in [9.17, 15) is 14.4 Å². The van der Waals surface area contributed by atoms with E-state index < -0.39 is 0 Å². The van der Waals surface area contributed by atoms with Crippen LogP contribution in [0.5, 0.6) is 0 Å². The van der Waals surface area contributed by atoms with Crippen LogP contribution in [-0.2, 0) is 19.1 Å². The molecule has 8 nitrogen and oxygen atoms in total. The number of likely N-dealkylation sites (tertiary alicyclic amines) is 1. The molecule has 2 heterocycles. The van der Waals surface area contributed by atoms with Crippen molar-refractivity contribution in [2.45, 2.75) is 58.1 Å². The SMILES string of the molecule is CCOC(=O)N1CCC(N(CCC(=O)NCC2CCCO2)C(C)=O)CC1. The van der Waals surface area contributed by atoms with Gasteiger partial charge < -0.3 is 24.6 Å². The summed E-state index contributed by atoms with van der Waals surface area (Å²) in [5.41, 5.74) is 0. The summed E-state index contributed by atoms with van der Waals surface area (Å²) in [6, 6.07) is 0.0594. The van der Waals surface area contributed by atoms with Crippen LogP contribution in [0.15, 0.2) is 0 Å². The Labute approximate surface area is 155 Å². The third kappa shape index (κ3) is 6.16. The first-order chi connectivity index (χ1) is 12.5. The number of rotatable bonds is 7. The largest absolute Gasteiger partial charge is 0.450 e. The average molecular weight is 369 g/mol. The second kappa shape index (κ2) is 10.4. The molecular weight excluding hydrogens is 338 g/mol. The molecule has 2 aliphatic rings. The van der Waals surface area contributed by atoms with Crippen LogP contribution in [0.4, 0.5) is 4.79 Å². The summed E-state index contributed by atoms with van der Waals surface area (Å²) in [5, 5.41) is 2.89. The maximum absolute atomic E-state index is 12.0. The van der Waals surface area contributed by atoms with Crippen molar-refractivity contribution in [1.82, 2.24) is 15.1 Å². The summed E-state index contributed by atoms with van der Waals surface area (Å²) < 4.78 is 10.5. The highest BCUT2D eigenvalue weighted by atomic mass is 16.6. The summed E-state index contributed by atoms with van der Waals surface area (Å²) in [7, 11) is 0. The Hall–Kier alpha value is -1.83. The molecule has 2 aliphatic heterocycles. The van der Waals surface area contributed by atoms with Crippen molar-refractivity contribution in [3.8, 4) is 0 Å². The molecule has 2 saturated heterocycles. The normalized spacial score (nSPS) is 20.7. The molecule has 2 fully saturated rings. The zero-order chi connectivity index (χ0) is 18.9. The lowest BCUT2D eigenvalue weighted by Gasteiger charge is -2.37. The number of piperidine rings is 1. The van der Waals surface area contributed by atoms with Gasteiger partial charge in [0, 0.05) is 52.2 Å². The first-order valence-corrected chi connectivity index (χ1v) is 9.58. The Balaban J connectivity index is 1.73. The first kappa shape index (κ1) is 20.5. The van der Waals surface area contributed by atoms with Gasteiger partial charge in [-0.2, -0.15) is 0 Å². The predicted octanol–water partition coefficient (Wildman–Crippen LogP) is 1.14. The zero-order valence-electron chi connectivity index (χ0n) is 15.9. The fourth-order valence-corrected chi connectivity index (χ4v) is 3.52. The molecule has 2 rings (SSSR count). The number of amides is 3. The van der Waals surface area contributed by atoms with E-state index in [4.69, 9.17) is 9.47 Å². The fourth-order valence-electron chi connectivity index (χ4n) is 3.52. The van der Waals surface area contributed by atoms with Crippen LogP contribution in [0.2, 0.25) is 0 Å². The topological polar surface area (TPSA) is 88.2 Å². The molecule has 1 N–H and O–H groups in total. The van der Waals surface area contributed by atoms with Crippen LogP contribution in [0.1, 0.15) is 46.0 Å². The molecular formula is C18H31N3O5. The van der Waals surface area contributed by atoms with Gasteiger partial charge in [0.15, 0.2) is 0 Å². The summed E-state index contributed by atoms with van der Waals surface area (Å²) in [6.45, 7) is 6.51. The molecule has 26 heavy (non-hydrogen) atoms. The highest BCUT2D eigenvalue weighted by molar-refractivity contribution is 5.78. The molecule has 1 atom stereocenters. The van der Waals surface area contributed by atoms with Gasteiger partial charge in [0.25, 0.3) is 0 Å². The number of ether oxygens (including phenoxy) is 2. The number of nitrogens with zero attached hydrogens (tertiary/aromatic N) is 2. The smallest absolute Gasteiger partial charge is 0.409 e. The fraction of sp³-hybridized carbons (Fsp3) is 0.833. The minimum atomic E-state index is -0.297. The molecule has 0 radical (unpaired) electrons. The van der Waals surface area contributed by atoms with E-state index in [1.807, 2.05) is 0 Å². The lowest BCUT2D eigenvalue weighted by molar-refractivity contribution is -0.132. The predicted molar refractivity (Wildman–Crippen MR) is 95.6 cm³/mol. The Bertz CT molecular complexity index is 485. The Morgan fingerprint density at radius 2 is 1.96 bits per heavy atom. The molecule has 0 aromatic heterocycles. The van der Waals surface area contributed by atoms with Crippen molar-refractivity contribution in [1.29, 1.82) is 0 Å². The van der Waals surface area contributed by atoms with Crippen molar-refractivity contribution in [3.05, 3.63) is 0 Å². The van der Waals surface area contributed by atoms with Crippen molar-refractivity contribution < 1.29 is 23.9 Å². The summed E-state index contributed by atoms with van der Waals surface area (Å²) in [5.74, 6) is -0.0952. The van der Waals surface area contributed by atoms with Crippen LogP contribution >= 0.6 is 0 Å². The summed E-state index contributed by atoms with van der Waals surface area (Å²) in [4.78, 5) is 39.3. The van der Waals surface area contributed by atoms with Gasteiger partial charge in [0.2, 0.25) is 11.8 Å². The van der Waals surface area contributed by atoms with Crippen LogP contribution in [0, 0.1) is 0 Å². The van der Waals surface area contributed by atoms with E-state index in [1.165, 1.54) is 6.92 Å². The van der Waals surface area contributed by atoms with Crippen LogP contribution in [0.25, 0.3) is 0 Å². The van der Waals surface area contributed by atoms with Gasteiger partial charge in [0.05, 0.1) is 12.7 Å². The van der Waals surface area contributed by atoms with Gasteiger partial charge in [-0.15, -0.1) is 0 Å². The van der Waals surface area contributed by atoms with E-state index in [2.05, 4.69) is 5.32 Å². The van der Waals surface area contributed by atoms with Gasteiger partial charge in [-0.3, -0.25) is 9.59 Å². The van der Waals surface area contributed by atoms with Crippen molar-refractivity contribution in [2.75, 3.05) is 39.4 Å². The number of nitrogens with one attached hydrogen (secondary N) is 1. The van der Waals surface area contributed by atoms with E-state index in [0.717, 1.165) is 19.4 Å². The second-order valence-electron chi connectivity index (χ2n) is 6.82.